The molecule has 4 nitrogen and oxygen atoms in total. The van der Waals surface area contributed by atoms with Crippen LogP contribution in [-0.2, 0) is 0 Å². The normalized spacial score (nSPS) is 10.2. The molecule has 0 unspecified atom stereocenters. The van der Waals surface area contributed by atoms with Crippen molar-refractivity contribution in [3.63, 3.8) is 0 Å². The fourth-order valence-corrected chi connectivity index (χ4v) is 2.04. The molecule has 2 heterocycles. The maximum atomic E-state index is 5.91. The molecule has 0 radical (unpaired) electrons. The Bertz CT molecular complexity index is 690. The zero-order chi connectivity index (χ0) is 11.8. The van der Waals surface area contributed by atoms with Gasteiger partial charge in [-0.1, -0.05) is 12.1 Å². The molecule has 0 aliphatic carbocycles. The molecule has 3 rings (SSSR count). The van der Waals surface area contributed by atoms with Crippen LogP contribution < -0.4 is 11.5 Å². The average Bonchev–Trinajstić information content (AvgIpc) is 2.77. The highest BCUT2D eigenvalue weighted by atomic mass is 35.5. The number of benzene rings is 1. The number of hydrogen-bond acceptors (Lipinski definition) is 3. The van der Waals surface area contributed by atoms with E-state index in [-0.39, 0.29) is 12.4 Å². The van der Waals surface area contributed by atoms with Crippen LogP contribution in [0.1, 0.15) is 0 Å². The molecule has 5 heteroatoms. The van der Waals surface area contributed by atoms with Crippen LogP contribution in [0.2, 0.25) is 0 Å². The van der Waals surface area contributed by atoms with Crippen LogP contribution in [0.25, 0.3) is 22.0 Å². The molecule has 0 bridgehead atoms. The van der Waals surface area contributed by atoms with Crippen molar-refractivity contribution < 1.29 is 0 Å². The van der Waals surface area contributed by atoms with Gasteiger partial charge >= 0.3 is 0 Å². The van der Waals surface area contributed by atoms with Gasteiger partial charge < -0.3 is 16.5 Å². The highest BCUT2D eigenvalue weighted by Gasteiger charge is 2.08. The van der Waals surface area contributed by atoms with Crippen molar-refractivity contribution in [1.29, 1.82) is 0 Å². The van der Waals surface area contributed by atoms with Gasteiger partial charge in [-0.25, -0.2) is 4.98 Å². The lowest BCUT2D eigenvalue weighted by atomic mass is 10.0. The third-order valence-corrected chi connectivity index (χ3v) is 2.83. The summed E-state index contributed by atoms with van der Waals surface area (Å²) >= 11 is 0. The number of nitrogens with one attached hydrogen (secondary N) is 1. The van der Waals surface area contributed by atoms with Gasteiger partial charge in [-0.2, -0.15) is 0 Å². The molecule has 92 valence electrons. The van der Waals surface area contributed by atoms with E-state index in [1.165, 1.54) is 0 Å². The van der Waals surface area contributed by atoms with Crippen molar-refractivity contribution in [2.45, 2.75) is 0 Å². The van der Waals surface area contributed by atoms with Crippen LogP contribution in [0.4, 0.5) is 11.6 Å². The summed E-state index contributed by atoms with van der Waals surface area (Å²) in [4.78, 5) is 7.26. The molecule has 0 aliphatic rings. The third kappa shape index (κ3) is 1.87. The second kappa shape index (κ2) is 4.58. The SMILES string of the molecule is Cl.Nc1ccc(-c2cccc3[nH]ccc23)c(N)n1. The lowest BCUT2D eigenvalue weighted by molar-refractivity contribution is 1.34. The van der Waals surface area contributed by atoms with Crippen LogP contribution in [0.3, 0.4) is 0 Å². The van der Waals surface area contributed by atoms with E-state index in [1.54, 1.807) is 6.07 Å². The molecular weight excluding hydrogens is 248 g/mol. The van der Waals surface area contributed by atoms with Gasteiger partial charge in [-0.05, 0) is 29.8 Å². The first-order chi connectivity index (χ1) is 8.25. The largest absolute Gasteiger partial charge is 0.384 e. The molecule has 3 aromatic rings. The molecule has 0 amide bonds. The fourth-order valence-electron chi connectivity index (χ4n) is 2.04. The summed E-state index contributed by atoms with van der Waals surface area (Å²) in [5, 5.41) is 1.13. The Kier molecular flexibility index (Phi) is 3.12. The zero-order valence-electron chi connectivity index (χ0n) is 9.55. The van der Waals surface area contributed by atoms with Crippen molar-refractivity contribution in [2.24, 2.45) is 0 Å². The Labute approximate surface area is 110 Å². The number of aromatic amines is 1. The van der Waals surface area contributed by atoms with Gasteiger partial charge in [0.15, 0.2) is 0 Å². The molecule has 5 N–H and O–H groups in total. The van der Waals surface area contributed by atoms with E-state index >= 15 is 0 Å². The summed E-state index contributed by atoms with van der Waals surface area (Å²) in [6.45, 7) is 0. The summed E-state index contributed by atoms with van der Waals surface area (Å²) in [5.74, 6) is 0.895. The fraction of sp³-hybridized carbons (Fsp3) is 0. The van der Waals surface area contributed by atoms with Crippen molar-refractivity contribution in [3.05, 3.63) is 42.6 Å². The number of rotatable bonds is 1. The number of aromatic nitrogens is 2. The number of halogens is 1. The minimum Gasteiger partial charge on any atom is -0.384 e. The number of H-pyrrole nitrogens is 1. The van der Waals surface area contributed by atoms with E-state index in [1.807, 2.05) is 36.5 Å². The number of hydrogen-bond donors (Lipinski definition) is 3. The standard InChI is InChI=1S/C13H12N4.ClH/c14-12-5-4-10(13(15)17-12)8-2-1-3-11-9(8)6-7-16-11;/h1-7,16H,(H4,14,15,17);1H. The van der Waals surface area contributed by atoms with Gasteiger partial charge in [-0.3, -0.25) is 0 Å². The van der Waals surface area contributed by atoms with Crippen molar-refractivity contribution in [1.82, 2.24) is 9.97 Å². The van der Waals surface area contributed by atoms with Gasteiger partial charge in [0.25, 0.3) is 0 Å². The Morgan fingerprint density at radius 2 is 1.78 bits per heavy atom. The number of pyridine rings is 1. The predicted molar refractivity (Wildman–Crippen MR) is 77.6 cm³/mol. The van der Waals surface area contributed by atoms with E-state index in [0.717, 1.165) is 22.0 Å². The van der Waals surface area contributed by atoms with Gasteiger partial charge in [0.2, 0.25) is 0 Å². The van der Waals surface area contributed by atoms with Crippen LogP contribution in [0.5, 0.6) is 0 Å². The number of nitrogens with two attached hydrogens (primary N) is 2. The van der Waals surface area contributed by atoms with E-state index in [9.17, 15) is 0 Å². The summed E-state index contributed by atoms with van der Waals surface area (Å²) in [7, 11) is 0. The molecule has 0 aliphatic heterocycles. The number of anilines is 2. The van der Waals surface area contributed by atoms with Gasteiger partial charge in [0.05, 0.1) is 0 Å². The average molecular weight is 261 g/mol. The minimum absolute atomic E-state index is 0. The summed E-state index contributed by atoms with van der Waals surface area (Å²) < 4.78 is 0. The number of nitrogens with zero attached hydrogens (tertiary/aromatic N) is 1. The molecule has 0 spiro atoms. The van der Waals surface area contributed by atoms with E-state index in [2.05, 4.69) is 9.97 Å². The van der Waals surface area contributed by atoms with Crippen LogP contribution in [0.15, 0.2) is 42.6 Å². The van der Waals surface area contributed by atoms with Gasteiger partial charge in [-0.15, -0.1) is 12.4 Å². The van der Waals surface area contributed by atoms with Crippen molar-refractivity contribution in [3.8, 4) is 11.1 Å². The third-order valence-electron chi connectivity index (χ3n) is 2.83. The Morgan fingerprint density at radius 3 is 2.56 bits per heavy atom. The highest BCUT2D eigenvalue weighted by Crippen LogP contribution is 2.31. The minimum atomic E-state index is 0. The Hall–Kier alpha value is -2.20. The molecule has 0 saturated heterocycles. The Morgan fingerprint density at radius 1 is 0.944 bits per heavy atom. The lowest BCUT2D eigenvalue weighted by Gasteiger charge is -2.07. The maximum Gasteiger partial charge on any atom is 0.133 e. The first-order valence-corrected chi connectivity index (χ1v) is 5.34. The summed E-state index contributed by atoms with van der Waals surface area (Å²) in [6.07, 6.45) is 1.91. The topological polar surface area (TPSA) is 80.7 Å². The van der Waals surface area contributed by atoms with Crippen LogP contribution in [-0.4, -0.2) is 9.97 Å². The van der Waals surface area contributed by atoms with E-state index < -0.39 is 0 Å². The first kappa shape index (κ1) is 12.3. The molecular formula is C13H13ClN4. The first-order valence-electron chi connectivity index (χ1n) is 5.34. The molecule has 18 heavy (non-hydrogen) atoms. The second-order valence-corrected chi connectivity index (χ2v) is 3.91. The molecule has 2 aromatic heterocycles. The van der Waals surface area contributed by atoms with Crippen molar-refractivity contribution in [2.75, 3.05) is 11.5 Å². The molecule has 0 saturated carbocycles. The summed E-state index contributed by atoms with van der Waals surface area (Å²) in [6, 6.07) is 11.7. The molecule has 1 aromatic carbocycles. The predicted octanol–water partition coefficient (Wildman–Crippen LogP) is 2.82. The smallest absolute Gasteiger partial charge is 0.133 e. The maximum absolute atomic E-state index is 5.91. The van der Waals surface area contributed by atoms with Crippen molar-refractivity contribution >= 4 is 34.9 Å². The number of fused-ring (bicyclic) bond motifs is 1. The zero-order valence-corrected chi connectivity index (χ0v) is 10.4. The quantitative estimate of drug-likeness (QED) is 0.629. The highest BCUT2D eigenvalue weighted by molar-refractivity contribution is 5.97. The summed E-state index contributed by atoms with van der Waals surface area (Å²) in [5.41, 5.74) is 14.6. The van der Waals surface area contributed by atoms with E-state index in [0.29, 0.717) is 11.6 Å². The Balaban J connectivity index is 0.00000120. The van der Waals surface area contributed by atoms with Crippen LogP contribution in [0, 0.1) is 0 Å². The second-order valence-electron chi connectivity index (χ2n) is 3.91. The van der Waals surface area contributed by atoms with Gasteiger partial charge in [0, 0.05) is 22.7 Å². The number of nitrogen functional groups attached to an aromatic ring is 2. The van der Waals surface area contributed by atoms with Gasteiger partial charge in [0.1, 0.15) is 11.6 Å². The molecule has 0 fully saturated rings. The monoisotopic (exact) mass is 260 g/mol. The molecule has 0 atom stereocenters. The van der Waals surface area contributed by atoms with E-state index in [4.69, 9.17) is 11.5 Å². The lowest BCUT2D eigenvalue weighted by Crippen LogP contribution is -1.98. The van der Waals surface area contributed by atoms with Crippen LogP contribution >= 0.6 is 12.4 Å².